The van der Waals surface area contributed by atoms with Gasteiger partial charge in [-0.05, 0) is 39.0 Å². The van der Waals surface area contributed by atoms with Gasteiger partial charge >= 0.3 is 5.97 Å². The predicted octanol–water partition coefficient (Wildman–Crippen LogP) is 2.08. The van der Waals surface area contributed by atoms with Crippen LogP contribution in [0.15, 0.2) is 23.0 Å². The Morgan fingerprint density at radius 2 is 2.26 bits per heavy atom. The number of carbonyl (C=O) groups excluding carboxylic acids is 1. The van der Waals surface area contributed by atoms with Crippen molar-refractivity contribution in [3.05, 3.63) is 45.5 Å². The fraction of sp³-hybridized carbons (Fsp3) is 0.471. The van der Waals surface area contributed by atoms with Crippen molar-refractivity contribution >= 4 is 11.6 Å². The minimum atomic E-state index is -0.249. The number of esters is 1. The van der Waals surface area contributed by atoms with Gasteiger partial charge in [0, 0.05) is 23.0 Å². The van der Waals surface area contributed by atoms with Crippen molar-refractivity contribution in [3.8, 4) is 0 Å². The van der Waals surface area contributed by atoms with Gasteiger partial charge in [-0.15, -0.1) is 0 Å². The van der Waals surface area contributed by atoms with Crippen LogP contribution in [0.1, 0.15) is 36.2 Å². The van der Waals surface area contributed by atoms with Crippen molar-refractivity contribution in [2.45, 2.75) is 39.5 Å². The van der Waals surface area contributed by atoms with Gasteiger partial charge in [0.15, 0.2) is 5.65 Å². The number of hydrogen-bond acceptors (Lipinski definition) is 4. The number of aromatic amines is 1. The van der Waals surface area contributed by atoms with Crippen LogP contribution in [0.4, 0.5) is 0 Å². The summed E-state index contributed by atoms with van der Waals surface area (Å²) in [6.07, 6.45) is 7.59. The van der Waals surface area contributed by atoms with Gasteiger partial charge in [-0.1, -0.05) is 12.2 Å². The molecular formula is C17H21N3O3. The Kier molecular flexibility index (Phi) is 4.32. The molecule has 0 aliphatic heterocycles. The Hall–Kier alpha value is -2.37. The lowest BCUT2D eigenvalue weighted by atomic mass is 9.95. The van der Waals surface area contributed by atoms with Crippen LogP contribution in [0.2, 0.25) is 0 Å². The zero-order chi connectivity index (χ0) is 16.4. The Bertz CT molecular complexity index is 816. The first-order chi connectivity index (χ1) is 11.0. The number of aryl methyl sites for hydroxylation is 2. The molecule has 2 aromatic rings. The van der Waals surface area contributed by atoms with E-state index in [1.54, 1.807) is 4.52 Å². The van der Waals surface area contributed by atoms with Gasteiger partial charge in [0.2, 0.25) is 0 Å². The molecule has 1 aliphatic rings. The maximum absolute atomic E-state index is 12.2. The van der Waals surface area contributed by atoms with Crippen LogP contribution in [0.5, 0.6) is 0 Å². The van der Waals surface area contributed by atoms with Crippen LogP contribution < -0.4 is 5.56 Å². The number of nitrogens with one attached hydrogen (secondary N) is 1. The molecule has 0 radical (unpaired) electrons. The van der Waals surface area contributed by atoms with Crippen LogP contribution in [0.3, 0.4) is 0 Å². The number of ether oxygens (including phenoxy) is 1. The molecule has 2 heterocycles. The summed E-state index contributed by atoms with van der Waals surface area (Å²) in [7, 11) is 0. The van der Waals surface area contributed by atoms with Crippen molar-refractivity contribution in [3.63, 3.8) is 0 Å². The van der Waals surface area contributed by atoms with E-state index >= 15 is 0 Å². The summed E-state index contributed by atoms with van der Waals surface area (Å²) in [5, 5.41) is 2.69. The number of rotatable bonds is 4. The third kappa shape index (κ3) is 3.36. The van der Waals surface area contributed by atoms with Gasteiger partial charge in [-0.3, -0.25) is 14.7 Å². The molecule has 0 amide bonds. The standard InChI is InChI=1S/C17H21N3O3/c1-11-14(12(2)20-15(18-11)9-16(21)19-20)8-17(22)23-10-13-6-4-3-5-7-13/h3-4,9,13H,5-8,10H2,1-2H3,(H,19,21)/t13-/m0/s1. The highest BCUT2D eigenvalue weighted by atomic mass is 16.5. The largest absolute Gasteiger partial charge is 0.465 e. The molecule has 0 saturated carbocycles. The van der Waals surface area contributed by atoms with Gasteiger partial charge in [0.25, 0.3) is 5.56 Å². The number of allylic oxidation sites excluding steroid dienone is 2. The van der Waals surface area contributed by atoms with Crippen molar-refractivity contribution in [2.75, 3.05) is 6.61 Å². The molecular weight excluding hydrogens is 294 g/mol. The molecule has 6 heteroatoms. The molecule has 0 saturated heterocycles. The first-order valence-electron chi connectivity index (χ1n) is 7.93. The number of hydrogen-bond donors (Lipinski definition) is 1. The molecule has 3 rings (SSSR count). The zero-order valence-electron chi connectivity index (χ0n) is 13.5. The van der Waals surface area contributed by atoms with Crippen molar-refractivity contribution in [1.29, 1.82) is 0 Å². The van der Waals surface area contributed by atoms with Crippen LogP contribution >= 0.6 is 0 Å². The summed E-state index contributed by atoms with van der Waals surface area (Å²) in [5.41, 5.74) is 2.73. The van der Waals surface area contributed by atoms with E-state index in [1.807, 2.05) is 13.8 Å². The smallest absolute Gasteiger partial charge is 0.310 e. The van der Waals surface area contributed by atoms with E-state index in [0.29, 0.717) is 18.2 Å². The topological polar surface area (TPSA) is 76.5 Å². The normalized spacial score (nSPS) is 17.6. The predicted molar refractivity (Wildman–Crippen MR) is 86.4 cm³/mol. The molecule has 0 unspecified atom stereocenters. The summed E-state index contributed by atoms with van der Waals surface area (Å²) in [6, 6.07) is 1.44. The van der Waals surface area contributed by atoms with E-state index in [1.165, 1.54) is 6.07 Å². The fourth-order valence-electron chi connectivity index (χ4n) is 3.03. The SMILES string of the molecule is Cc1nc2cc(=O)[nH]n2c(C)c1CC(=O)OC[C@H]1CC=CCC1. The number of aromatic nitrogens is 3. The zero-order valence-corrected chi connectivity index (χ0v) is 13.5. The minimum Gasteiger partial charge on any atom is -0.465 e. The summed E-state index contributed by atoms with van der Waals surface area (Å²) < 4.78 is 7.05. The van der Waals surface area contributed by atoms with Crippen molar-refractivity contribution in [1.82, 2.24) is 14.6 Å². The molecule has 122 valence electrons. The van der Waals surface area contributed by atoms with Gasteiger partial charge in [-0.25, -0.2) is 9.50 Å². The molecule has 2 aromatic heterocycles. The molecule has 0 bridgehead atoms. The minimum absolute atomic E-state index is 0.170. The number of nitrogens with zero attached hydrogens (tertiary/aromatic N) is 2. The Balaban J connectivity index is 1.71. The Morgan fingerprint density at radius 1 is 1.43 bits per heavy atom. The molecule has 1 N–H and O–H groups in total. The summed E-state index contributed by atoms with van der Waals surface area (Å²) in [6.45, 7) is 4.18. The van der Waals surface area contributed by atoms with E-state index < -0.39 is 0 Å². The lowest BCUT2D eigenvalue weighted by molar-refractivity contribution is -0.144. The third-order valence-electron chi connectivity index (χ3n) is 4.38. The van der Waals surface area contributed by atoms with Gasteiger partial charge in [-0.2, -0.15) is 0 Å². The van der Waals surface area contributed by atoms with Crippen molar-refractivity contribution < 1.29 is 9.53 Å². The first-order valence-corrected chi connectivity index (χ1v) is 7.93. The highest BCUT2D eigenvalue weighted by molar-refractivity contribution is 5.73. The molecule has 6 nitrogen and oxygen atoms in total. The summed E-state index contributed by atoms with van der Waals surface area (Å²) >= 11 is 0. The number of fused-ring (bicyclic) bond motifs is 1. The highest BCUT2D eigenvalue weighted by Gasteiger charge is 2.17. The van der Waals surface area contributed by atoms with Gasteiger partial charge in [0.05, 0.1) is 13.0 Å². The second-order valence-electron chi connectivity index (χ2n) is 6.09. The van der Waals surface area contributed by atoms with E-state index in [2.05, 4.69) is 22.2 Å². The number of carbonyl (C=O) groups is 1. The lowest BCUT2D eigenvalue weighted by Crippen LogP contribution is -2.18. The van der Waals surface area contributed by atoms with Gasteiger partial charge in [0.1, 0.15) is 0 Å². The molecule has 0 aromatic carbocycles. The monoisotopic (exact) mass is 315 g/mol. The van der Waals surface area contributed by atoms with Crippen LogP contribution in [0, 0.1) is 19.8 Å². The van der Waals surface area contributed by atoms with E-state index in [0.717, 1.165) is 36.2 Å². The second-order valence-corrected chi connectivity index (χ2v) is 6.09. The average Bonchev–Trinajstić information content (AvgIpc) is 2.91. The fourth-order valence-corrected chi connectivity index (χ4v) is 3.03. The molecule has 23 heavy (non-hydrogen) atoms. The first kappa shape index (κ1) is 15.5. The lowest BCUT2D eigenvalue weighted by Gasteiger charge is -2.18. The molecule has 0 fully saturated rings. The third-order valence-corrected chi connectivity index (χ3v) is 4.38. The molecule has 1 aliphatic carbocycles. The van der Waals surface area contributed by atoms with E-state index in [-0.39, 0.29) is 17.9 Å². The van der Waals surface area contributed by atoms with Gasteiger partial charge < -0.3 is 4.74 Å². The van der Waals surface area contributed by atoms with Crippen LogP contribution in [-0.4, -0.2) is 27.2 Å². The maximum Gasteiger partial charge on any atom is 0.310 e. The number of H-pyrrole nitrogens is 1. The van der Waals surface area contributed by atoms with Crippen LogP contribution in [0.25, 0.3) is 5.65 Å². The Morgan fingerprint density at radius 3 is 3.00 bits per heavy atom. The second kappa shape index (κ2) is 6.40. The average molecular weight is 315 g/mol. The van der Waals surface area contributed by atoms with E-state index in [9.17, 15) is 9.59 Å². The van der Waals surface area contributed by atoms with Crippen molar-refractivity contribution in [2.24, 2.45) is 5.92 Å². The summed E-state index contributed by atoms with van der Waals surface area (Å²) in [5.74, 6) is 0.175. The molecule has 1 atom stereocenters. The summed E-state index contributed by atoms with van der Waals surface area (Å²) in [4.78, 5) is 28.0. The highest BCUT2D eigenvalue weighted by Crippen LogP contribution is 2.19. The molecule has 0 spiro atoms. The Labute approximate surface area is 134 Å². The van der Waals surface area contributed by atoms with E-state index in [4.69, 9.17) is 4.74 Å². The quantitative estimate of drug-likeness (QED) is 0.692. The van der Waals surface area contributed by atoms with Crippen LogP contribution in [-0.2, 0) is 16.0 Å². The maximum atomic E-state index is 12.2.